The van der Waals surface area contributed by atoms with Crippen LogP contribution in [0.5, 0.6) is 0 Å². The van der Waals surface area contributed by atoms with Crippen LogP contribution < -0.4 is 0 Å². The Labute approximate surface area is 116 Å². The molecule has 0 saturated carbocycles. The van der Waals surface area contributed by atoms with Crippen molar-refractivity contribution in [3.63, 3.8) is 0 Å². The van der Waals surface area contributed by atoms with Crippen molar-refractivity contribution < 1.29 is 4.79 Å². The summed E-state index contributed by atoms with van der Waals surface area (Å²) >= 11 is 0. The van der Waals surface area contributed by atoms with Crippen molar-refractivity contribution >= 4 is 5.91 Å². The first-order chi connectivity index (χ1) is 9.09. The number of carbonyl (C=O) groups is 1. The van der Waals surface area contributed by atoms with Gasteiger partial charge in [-0.3, -0.25) is 4.79 Å². The third-order valence-electron chi connectivity index (χ3n) is 3.91. The molecule has 19 heavy (non-hydrogen) atoms. The van der Waals surface area contributed by atoms with Crippen LogP contribution >= 0.6 is 0 Å². The second-order valence-corrected chi connectivity index (χ2v) is 5.76. The summed E-state index contributed by atoms with van der Waals surface area (Å²) in [6.45, 7) is 7.92. The maximum atomic E-state index is 12.8. The summed E-state index contributed by atoms with van der Waals surface area (Å²) in [5.41, 5.74) is 1.14. The summed E-state index contributed by atoms with van der Waals surface area (Å²) in [5.74, 6) is 0.605. The summed E-state index contributed by atoms with van der Waals surface area (Å²) in [7, 11) is 2.11. The highest BCUT2D eigenvalue weighted by Crippen LogP contribution is 2.27. The standard InChI is InChI=1S/C16H24N2O/c1-13(2)15(14-7-5-4-6-8-14)16(19)18-11-9-17(3)10-12-18/h4-8,13,15H,9-12H2,1-3H3. The van der Waals surface area contributed by atoms with Crippen LogP contribution in [-0.2, 0) is 4.79 Å². The van der Waals surface area contributed by atoms with E-state index in [0.717, 1.165) is 31.7 Å². The lowest BCUT2D eigenvalue weighted by Crippen LogP contribution is -2.49. The molecule has 1 unspecified atom stereocenters. The molecule has 3 heteroatoms. The van der Waals surface area contributed by atoms with Gasteiger partial charge in [-0.05, 0) is 18.5 Å². The summed E-state index contributed by atoms with van der Waals surface area (Å²) < 4.78 is 0. The number of amides is 1. The molecule has 0 bridgehead atoms. The Balaban J connectivity index is 2.14. The number of likely N-dealkylation sites (N-methyl/N-ethyl adjacent to an activating group) is 1. The minimum absolute atomic E-state index is 0.00962. The zero-order chi connectivity index (χ0) is 13.8. The number of rotatable bonds is 3. The summed E-state index contributed by atoms with van der Waals surface area (Å²) in [6.07, 6.45) is 0. The molecule has 2 rings (SSSR count). The summed E-state index contributed by atoms with van der Waals surface area (Å²) in [4.78, 5) is 17.1. The topological polar surface area (TPSA) is 23.6 Å². The van der Waals surface area contributed by atoms with Gasteiger partial charge in [0, 0.05) is 26.2 Å². The maximum Gasteiger partial charge on any atom is 0.230 e. The van der Waals surface area contributed by atoms with Crippen molar-refractivity contribution in [2.24, 2.45) is 5.92 Å². The number of nitrogens with zero attached hydrogens (tertiary/aromatic N) is 2. The Hall–Kier alpha value is -1.35. The molecule has 1 aliphatic rings. The Morgan fingerprint density at radius 3 is 2.16 bits per heavy atom. The molecule has 1 heterocycles. The van der Waals surface area contributed by atoms with Gasteiger partial charge >= 0.3 is 0 Å². The fourth-order valence-electron chi connectivity index (χ4n) is 2.70. The van der Waals surface area contributed by atoms with Gasteiger partial charge in [0.05, 0.1) is 5.92 Å². The van der Waals surface area contributed by atoms with Gasteiger partial charge in [0.25, 0.3) is 0 Å². The Morgan fingerprint density at radius 1 is 1.05 bits per heavy atom. The molecular weight excluding hydrogens is 236 g/mol. The highest BCUT2D eigenvalue weighted by molar-refractivity contribution is 5.84. The van der Waals surface area contributed by atoms with Gasteiger partial charge < -0.3 is 9.80 Å². The maximum absolute atomic E-state index is 12.8. The predicted octanol–water partition coefficient (Wildman–Crippen LogP) is 2.20. The third-order valence-corrected chi connectivity index (χ3v) is 3.91. The normalized spacial score (nSPS) is 18.6. The van der Waals surface area contributed by atoms with Crippen LogP contribution in [0.15, 0.2) is 30.3 Å². The molecule has 3 nitrogen and oxygen atoms in total. The number of piperazine rings is 1. The SMILES string of the molecule is CC(C)C(C(=O)N1CCN(C)CC1)c1ccccc1. The largest absolute Gasteiger partial charge is 0.340 e. The molecule has 1 aromatic rings. The zero-order valence-electron chi connectivity index (χ0n) is 12.2. The molecule has 1 aliphatic heterocycles. The van der Waals surface area contributed by atoms with Crippen molar-refractivity contribution in [1.29, 1.82) is 0 Å². The highest BCUT2D eigenvalue weighted by atomic mass is 16.2. The quantitative estimate of drug-likeness (QED) is 0.832. The number of benzene rings is 1. The van der Waals surface area contributed by atoms with Crippen LogP contribution in [0, 0.1) is 5.92 Å². The van der Waals surface area contributed by atoms with E-state index < -0.39 is 0 Å². The van der Waals surface area contributed by atoms with E-state index in [0.29, 0.717) is 5.92 Å². The molecule has 1 saturated heterocycles. The van der Waals surface area contributed by atoms with Gasteiger partial charge in [0.15, 0.2) is 0 Å². The number of hydrogen-bond acceptors (Lipinski definition) is 2. The van der Waals surface area contributed by atoms with Gasteiger partial charge in [-0.25, -0.2) is 0 Å². The molecule has 1 fully saturated rings. The van der Waals surface area contributed by atoms with Gasteiger partial charge in [-0.2, -0.15) is 0 Å². The Bertz CT molecular complexity index is 408. The molecule has 0 aliphatic carbocycles. The Kier molecular flexibility index (Phi) is 4.59. The monoisotopic (exact) mass is 260 g/mol. The van der Waals surface area contributed by atoms with Crippen LogP contribution in [-0.4, -0.2) is 48.9 Å². The van der Waals surface area contributed by atoms with E-state index in [1.54, 1.807) is 0 Å². The van der Waals surface area contributed by atoms with E-state index in [9.17, 15) is 4.79 Å². The molecule has 1 amide bonds. The average Bonchev–Trinajstić information content (AvgIpc) is 2.40. The van der Waals surface area contributed by atoms with E-state index in [1.165, 1.54) is 0 Å². The minimum atomic E-state index is -0.00962. The van der Waals surface area contributed by atoms with Crippen LogP contribution in [0.25, 0.3) is 0 Å². The minimum Gasteiger partial charge on any atom is -0.340 e. The van der Waals surface area contributed by atoms with Crippen molar-refractivity contribution in [3.05, 3.63) is 35.9 Å². The van der Waals surface area contributed by atoms with Crippen LogP contribution in [0.2, 0.25) is 0 Å². The Morgan fingerprint density at radius 2 is 1.63 bits per heavy atom. The first kappa shape index (κ1) is 14.1. The molecule has 0 aromatic heterocycles. The van der Waals surface area contributed by atoms with Crippen molar-refractivity contribution in [2.75, 3.05) is 33.2 Å². The highest BCUT2D eigenvalue weighted by Gasteiger charge is 2.29. The molecule has 0 spiro atoms. The summed E-state index contributed by atoms with van der Waals surface area (Å²) in [6, 6.07) is 10.2. The van der Waals surface area contributed by atoms with Gasteiger partial charge in [0.2, 0.25) is 5.91 Å². The first-order valence-corrected chi connectivity index (χ1v) is 7.12. The van der Waals surface area contributed by atoms with Crippen molar-refractivity contribution in [3.8, 4) is 0 Å². The molecule has 1 atom stereocenters. The van der Waals surface area contributed by atoms with Gasteiger partial charge in [-0.15, -0.1) is 0 Å². The second kappa shape index (κ2) is 6.20. The fourth-order valence-corrected chi connectivity index (χ4v) is 2.70. The lowest BCUT2D eigenvalue weighted by atomic mass is 9.87. The van der Waals surface area contributed by atoms with Crippen LogP contribution in [0.3, 0.4) is 0 Å². The average molecular weight is 260 g/mol. The first-order valence-electron chi connectivity index (χ1n) is 7.12. The van der Waals surface area contributed by atoms with E-state index >= 15 is 0 Å². The molecule has 1 aromatic carbocycles. The molecular formula is C16H24N2O. The second-order valence-electron chi connectivity index (χ2n) is 5.76. The van der Waals surface area contributed by atoms with Crippen LogP contribution in [0.4, 0.5) is 0 Å². The van der Waals surface area contributed by atoms with E-state index in [2.05, 4.69) is 37.9 Å². The van der Waals surface area contributed by atoms with E-state index in [-0.39, 0.29) is 11.8 Å². The number of hydrogen-bond donors (Lipinski definition) is 0. The van der Waals surface area contributed by atoms with Gasteiger partial charge in [0.1, 0.15) is 0 Å². The van der Waals surface area contributed by atoms with Crippen molar-refractivity contribution in [1.82, 2.24) is 9.80 Å². The molecule has 104 valence electrons. The smallest absolute Gasteiger partial charge is 0.230 e. The fraction of sp³-hybridized carbons (Fsp3) is 0.562. The lowest BCUT2D eigenvalue weighted by molar-refractivity contribution is -0.135. The third kappa shape index (κ3) is 3.35. The lowest BCUT2D eigenvalue weighted by Gasteiger charge is -2.35. The van der Waals surface area contributed by atoms with Crippen molar-refractivity contribution in [2.45, 2.75) is 19.8 Å². The van der Waals surface area contributed by atoms with Crippen LogP contribution in [0.1, 0.15) is 25.3 Å². The molecule has 0 radical (unpaired) electrons. The van der Waals surface area contributed by atoms with E-state index in [4.69, 9.17) is 0 Å². The van der Waals surface area contributed by atoms with Gasteiger partial charge in [-0.1, -0.05) is 44.2 Å². The predicted molar refractivity (Wildman–Crippen MR) is 78.1 cm³/mol. The molecule has 0 N–H and O–H groups in total. The summed E-state index contributed by atoms with van der Waals surface area (Å²) in [5, 5.41) is 0. The zero-order valence-corrected chi connectivity index (χ0v) is 12.2. The van der Waals surface area contributed by atoms with E-state index in [1.807, 2.05) is 23.1 Å². The number of carbonyl (C=O) groups excluding carboxylic acids is 1.